The van der Waals surface area contributed by atoms with Crippen LogP contribution >= 0.6 is 22.9 Å². The van der Waals surface area contributed by atoms with Gasteiger partial charge >= 0.3 is 0 Å². The Balaban J connectivity index is 1.21. The number of hydrogen-bond acceptors (Lipinski definition) is 7. The molecule has 3 fully saturated rings. The number of thiophene rings is 1. The molecule has 1 saturated carbocycles. The van der Waals surface area contributed by atoms with Gasteiger partial charge in [-0.1, -0.05) is 53.6 Å². The fourth-order valence-electron chi connectivity index (χ4n) is 10.0. The second kappa shape index (κ2) is 11.4. The second-order valence-electron chi connectivity index (χ2n) is 16.3. The van der Waals surface area contributed by atoms with E-state index in [4.69, 9.17) is 16.7 Å². The van der Waals surface area contributed by atoms with Gasteiger partial charge in [0.15, 0.2) is 0 Å². The Morgan fingerprint density at radius 1 is 0.925 bits per heavy atom. The fourth-order valence-corrected chi connectivity index (χ4v) is 11.3. The molecule has 6 atom stereocenters. The van der Waals surface area contributed by atoms with Gasteiger partial charge in [0.05, 0.1) is 28.0 Å². The molecule has 2 aliphatic carbocycles. The third kappa shape index (κ3) is 4.57. The van der Waals surface area contributed by atoms with Gasteiger partial charge in [0.2, 0.25) is 23.6 Å². The summed E-state index contributed by atoms with van der Waals surface area (Å²) in [6.07, 6.45) is 2.70. The van der Waals surface area contributed by atoms with Crippen LogP contribution in [0.1, 0.15) is 57.6 Å². The van der Waals surface area contributed by atoms with E-state index in [9.17, 15) is 19.5 Å². The van der Waals surface area contributed by atoms with Crippen LogP contribution in [0.3, 0.4) is 0 Å². The molecule has 4 amide bonds. The SMILES string of the molecule is Cc1c(-c2cc(N3C(=O)C4CC5C(=CCC6C(=O)N(C(C)(C)C)C(=O)C65)C(c5ccc(O)c6ccccc56)C4(C)C3=O)n(C)n2)sc2ccc(Cl)cc12. The molecule has 4 aliphatic rings. The molecule has 2 aliphatic heterocycles. The van der Waals surface area contributed by atoms with Crippen LogP contribution in [0.5, 0.6) is 5.75 Å². The first-order valence-electron chi connectivity index (χ1n) is 18.0. The number of carbonyl (C=O) groups excluding carboxylic acids is 4. The maximum Gasteiger partial charge on any atom is 0.242 e. The number of phenols is 1. The number of amides is 4. The number of aryl methyl sites for hydroxylation is 2. The summed E-state index contributed by atoms with van der Waals surface area (Å²) in [4.78, 5) is 62.0. The van der Waals surface area contributed by atoms with Crippen molar-refractivity contribution < 1.29 is 24.3 Å². The van der Waals surface area contributed by atoms with E-state index in [1.54, 1.807) is 29.1 Å². The largest absolute Gasteiger partial charge is 0.507 e. The maximum atomic E-state index is 15.3. The first-order valence-corrected chi connectivity index (χ1v) is 19.2. The zero-order valence-corrected chi connectivity index (χ0v) is 31.9. The number of aromatic hydroxyl groups is 1. The highest BCUT2D eigenvalue weighted by Gasteiger charge is 2.68. The zero-order chi connectivity index (χ0) is 37.5. The first-order chi connectivity index (χ1) is 25.1. The molecular formula is C42H39ClN4O5S. The lowest BCUT2D eigenvalue weighted by Crippen LogP contribution is -2.49. The summed E-state index contributed by atoms with van der Waals surface area (Å²) in [5.74, 6) is -3.58. The Hall–Kier alpha value is -4.80. The van der Waals surface area contributed by atoms with Crippen LogP contribution in [0, 0.1) is 36.0 Å². The summed E-state index contributed by atoms with van der Waals surface area (Å²) in [6, 6.07) is 18.6. The van der Waals surface area contributed by atoms with Gasteiger partial charge in [-0.2, -0.15) is 5.10 Å². The maximum absolute atomic E-state index is 15.3. The number of allylic oxidation sites excluding steroid dienone is 2. The number of aromatic nitrogens is 2. The topological polar surface area (TPSA) is 113 Å². The average molecular weight is 747 g/mol. The highest BCUT2D eigenvalue weighted by molar-refractivity contribution is 7.22. The number of anilines is 1. The van der Waals surface area contributed by atoms with E-state index in [2.05, 4.69) is 6.08 Å². The quantitative estimate of drug-likeness (QED) is 0.147. The van der Waals surface area contributed by atoms with Gasteiger partial charge in [0.25, 0.3) is 0 Å². The van der Waals surface area contributed by atoms with Crippen LogP contribution in [0.25, 0.3) is 31.4 Å². The summed E-state index contributed by atoms with van der Waals surface area (Å²) in [6.45, 7) is 9.50. The fraction of sp³-hybridized carbons (Fsp3) is 0.357. The van der Waals surface area contributed by atoms with Gasteiger partial charge in [-0.15, -0.1) is 11.3 Å². The van der Waals surface area contributed by atoms with E-state index < -0.39 is 40.5 Å². The smallest absolute Gasteiger partial charge is 0.242 e. The van der Waals surface area contributed by atoms with Crippen LogP contribution in [0.2, 0.25) is 5.02 Å². The van der Waals surface area contributed by atoms with Crippen molar-refractivity contribution in [2.24, 2.45) is 36.1 Å². The molecule has 270 valence electrons. The van der Waals surface area contributed by atoms with Gasteiger partial charge in [-0.3, -0.25) is 28.8 Å². The van der Waals surface area contributed by atoms with Gasteiger partial charge in [0.1, 0.15) is 17.3 Å². The van der Waals surface area contributed by atoms with Crippen molar-refractivity contribution >= 4 is 73.2 Å². The molecule has 1 N–H and O–H groups in total. The van der Waals surface area contributed by atoms with Crippen LogP contribution in [-0.2, 0) is 26.2 Å². The van der Waals surface area contributed by atoms with Gasteiger partial charge in [-0.25, -0.2) is 4.90 Å². The lowest BCUT2D eigenvalue weighted by molar-refractivity contribution is -0.145. The number of rotatable bonds is 3. The van der Waals surface area contributed by atoms with E-state index in [0.717, 1.165) is 37.0 Å². The Morgan fingerprint density at radius 3 is 2.40 bits per heavy atom. The molecule has 0 spiro atoms. The summed E-state index contributed by atoms with van der Waals surface area (Å²) < 4.78 is 2.65. The van der Waals surface area contributed by atoms with Crippen molar-refractivity contribution in [3.63, 3.8) is 0 Å². The van der Waals surface area contributed by atoms with Crippen molar-refractivity contribution in [3.05, 3.63) is 88.5 Å². The van der Waals surface area contributed by atoms with Crippen LogP contribution in [0.4, 0.5) is 5.82 Å². The van der Waals surface area contributed by atoms with Crippen molar-refractivity contribution in [1.82, 2.24) is 14.7 Å². The predicted molar refractivity (Wildman–Crippen MR) is 206 cm³/mol. The number of carbonyl (C=O) groups is 4. The number of imide groups is 2. The molecule has 2 saturated heterocycles. The molecule has 0 radical (unpaired) electrons. The van der Waals surface area contributed by atoms with Crippen molar-refractivity contribution in [2.45, 2.75) is 58.9 Å². The molecule has 9 nitrogen and oxygen atoms in total. The van der Waals surface area contributed by atoms with Crippen molar-refractivity contribution in [1.29, 1.82) is 0 Å². The number of phenolic OH excluding ortho intramolecular Hbond substituents is 1. The van der Waals surface area contributed by atoms with Gasteiger partial charge < -0.3 is 5.11 Å². The molecule has 6 unspecified atom stereocenters. The lowest BCUT2D eigenvalue weighted by Gasteiger charge is -2.49. The third-order valence-electron chi connectivity index (χ3n) is 12.4. The standard InChI is InChI=1S/C42H39ClN4O5S/c1-20-27-17-21(43)11-16-32(27)53-36(20)30-19-33(45(6)44-30)46-38(50)29-18-28-25(12-13-26-34(28)39(51)47(37(26)49)41(2,3)4)35(42(29,5)40(46)52)24-14-15-31(48)23-10-8-7-9-22(23)24/h7-12,14-17,19,26,28-29,34-35,48H,13,18H2,1-6H3. The molecule has 5 aromatic rings. The molecule has 0 bridgehead atoms. The summed E-state index contributed by atoms with van der Waals surface area (Å²) in [5, 5.41) is 18.8. The molecule has 2 aromatic heterocycles. The highest BCUT2D eigenvalue weighted by Crippen LogP contribution is 2.64. The Labute approximate surface area is 315 Å². The minimum absolute atomic E-state index is 0.116. The number of hydrogen-bond donors (Lipinski definition) is 1. The number of halogens is 1. The molecular weight excluding hydrogens is 708 g/mol. The second-order valence-corrected chi connectivity index (χ2v) is 17.8. The summed E-state index contributed by atoms with van der Waals surface area (Å²) >= 11 is 7.91. The number of nitrogens with zero attached hydrogens (tertiary/aromatic N) is 4. The lowest BCUT2D eigenvalue weighted by atomic mass is 9.51. The van der Waals surface area contributed by atoms with E-state index in [1.165, 1.54) is 9.80 Å². The van der Waals surface area contributed by atoms with E-state index in [0.29, 0.717) is 28.3 Å². The van der Waals surface area contributed by atoms with Gasteiger partial charge in [-0.05, 0) is 99.5 Å². The Bertz CT molecular complexity index is 2510. The minimum Gasteiger partial charge on any atom is -0.507 e. The minimum atomic E-state index is -1.24. The van der Waals surface area contributed by atoms with Crippen LogP contribution < -0.4 is 4.90 Å². The summed E-state index contributed by atoms with van der Waals surface area (Å²) in [5.41, 5.74) is 1.44. The predicted octanol–water partition coefficient (Wildman–Crippen LogP) is 8.15. The number of fused-ring (bicyclic) bond motifs is 6. The number of likely N-dealkylation sites (tertiary alicyclic amines) is 1. The molecule has 4 heterocycles. The van der Waals surface area contributed by atoms with E-state index in [1.807, 2.05) is 89.2 Å². The van der Waals surface area contributed by atoms with E-state index in [-0.39, 0.29) is 35.8 Å². The van der Waals surface area contributed by atoms with E-state index >= 15 is 4.79 Å². The zero-order valence-electron chi connectivity index (χ0n) is 30.3. The number of benzene rings is 3. The Kier molecular flexibility index (Phi) is 7.28. The van der Waals surface area contributed by atoms with Gasteiger partial charge in [0, 0.05) is 39.7 Å². The van der Waals surface area contributed by atoms with Crippen molar-refractivity contribution in [2.75, 3.05) is 4.90 Å². The van der Waals surface area contributed by atoms with Crippen LogP contribution in [0.15, 0.2) is 72.3 Å². The van der Waals surface area contributed by atoms with Crippen LogP contribution in [-0.4, -0.2) is 49.0 Å². The molecule has 11 heteroatoms. The summed E-state index contributed by atoms with van der Waals surface area (Å²) in [7, 11) is 1.74. The highest BCUT2D eigenvalue weighted by atomic mass is 35.5. The first kappa shape index (κ1) is 34.0. The monoisotopic (exact) mass is 746 g/mol. The Morgan fingerprint density at radius 2 is 1.66 bits per heavy atom. The molecule has 53 heavy (non-hydrogen) atoms. The van der Waals surface area contributed by atoms with Crippen molar-refractivity contribution in [3.8, 4) is 16.3 Å². The third-order valence-corrected chi connectivity index (χ3v) is 13.9. The molecule has 9 rings (SSSR count). The molecule has 3 aromatic carbocycles. The average Bonchev–Trinajstić information content (AvgIpc) is 3.78. The normalized spacial score (nSPS) is 27.2.